The van der Waals surface area contributed by atoms with E-state index in [2.05, 4.69) is 77.4 Å². The molecule has 0 fully saturated rings. The van der Waals surface area contributed by atoms with E-state index in [0.29, 0.717) is 17.5 Å². The number of furan rings is 1. The highest BCUT2D eigenvalue weighted by Crippen LogP contribution is 2.44. The Balaban J connectivity index is 1.30. The van der Waals surface area contributed by atoms with Gasteiger partial charge in [0.1, 0.15) is 5.58 Å². The fourth-order valence-electron chi connectivity index (χ4n) is 7.01. The summed E-state index contributed by atoms with van der Waals surface area (Å²) in [5.74, 6) is 1.80. The standard InChI is InChI=1S/C44H27N5O/c1-4-14-28(15-5-1)42-46-43(29-16-6-2-7-17-29)48-44(47-42)30-26-35-34-24-23-33-32-20-10-11-22-38(32)49(31-18-8-3-9-19-31)39(33)41(34)50-40(35)36(27-30)37-21-12-13-25-45-37/h1-27H. The Hall–Kier alpha value is -6.92. The van der Waals surface area contributed by atoms with Gasteiger partial charge in [-0.15, -0.1) is 0 Å². The number of hydrogen-bond acceptors (Lipinski definition) is 5. The first kappa shape index (κ1) is 28.1. The lowest BCUT2D eigenvalue weighted by atomic mass is 10.0. The van der Waals surface area contributed by atoms with Crippen LogP contribution in [0, 0.1) is 0 Å². The van der Waals surface area contributed by atoms with Crippen LogP contribution in [0.1, 0.15) is 0 Å². The smallest absolute Gasteiger partial charge is 0.164 e. The molecule has 234 valence electrons. The molecule has 6 aromatic carbocycles. The van der Waals surface area contributed by atoms with Gasteiger partial charge in [-0.05, 0) is 48.5 Å². The summed E-state index contributed by atoms with van der Waals surface area (Å²) < 4.78 is 9.31. The fourth-order valence-corrected chi connectivity index (χ4v) is 7.01. The Morgan fingerprint density at radius 1 is 0.440 bits per heavy atom. The van der Waals surface area contributed by atoms with Crippen LogP contribution >= 0.6 is 0 Å². The molecule has 0 amide bonds. The lowest BCUT2D eigenvalue weighted by Gasteiger charge is -2.10. The topological polar surface area (TPSA) is 69.6 Å². The van der Waals surface area contributed by atoms with Gasteiger partial charge in [-0.2, -0.15) is 0 Å². The van der Waals surface area contributed by atoms with Gasteiger partial charge in [0.15, 0.2) is 23.1 Å². The van der Waals surface area contributed by atoms with E-state index < -0.39 is 0 Å². The first-order valence-corrected chi connectivity index (χ1v) is 16.6. The average Bonchev–Trinajstić information content (AvgIpc) is 3.75. The Morgan fingerprint density at radius 2 is 1.04 bits per heavy atom. The normalized spacial score (nSPS) is 11.6. The second kappa shape index (κ2) is 11.4. The Kier molecular flexibility index (Phi) is 6.39. The molecule has 0 bridgehead atoms. The summed E-state index contributed by atoms with van der Waals surface area (Å²) in [6.07, 6.45) is 1.81. The predicted octanol–water partition coefficient (Wildman–Crippen LogP) is 10.9. The minimum Gasteiger partial charge on any atom is -0.453 e. The molecule has 6 heteroatoms. The number of aromatic nitrogens is 5. The van der Waals surface area contributed by atoms with Crippen molar-refractivity contribution in [3.05, 3.63) is 164 Å². The van der Waals surface area contributed by atoms with Crippen LogP contribution in [0.4, 0.5) is 0 Å². The maximum atomic E-state index is 7.01. The first-order chi connectivity index (χ1) is 24.8. The molecule has 0 aliphatic carbocycles. The van der Waals surface area contributed by atoms with Gasteiger partial charge < -0.3 is 8.98 Å². The van der Waals surface area contributed by atoms with Crippen molar-refractivity contribution in [1.82, 2.24) is 24.5 Å². The van der Waals surface area contributed by atoms with E-state index in [4.69, 9.17) is 24.4 Å². The number of rotatable bonds is 5. The maximum Gasteiger partial charge on any atom is 0.164 e. The molecule has 0 aliphatic heterocycles. The summed E-state index contributed by atoms with van der Waals surface area (Å²) in [4.78, 5) is 19.8. The average molecular weight is 642 g/mol. The van der Waals surface area contributed by atoms with Crippen LogP contribution in [0.2, 0.25) is 0 Å². The van der Waals surface area contributed by atoms with Crippen molar-refractivity contribution in [1.29, 1.82) is 0 Å². The number of para-hydroxylation sites is 2. The summed E-state index contributed by atoms with van der Waals surface area (Å²) in [5, 5.41) is 4.28. The molecular formula is C44H27N5O. The molecule has 0 radical (unpaired) electrons. The number of nitrogens with zero attached hydrogens (tertiary/aromatic N) is 5. The molecule has 0 spiro atoms. The third kappa shape index (κ3) is 4.50. The van der Waals surface area contributed by atoms with Crippen molar-refractivity contribution in [3.8, 4) is 51.1 Å². The fraction of sp³-hybridized carbons (Fsp3) is 0. The molecule has 0 N–H and O–H groups in total. The quantitative estimate of drug-likeness (QED) is 0.187. The highest BCUT2D eigenvalue weighted by Gasteiger charge is 2.23. The van der Waals surface area contributed by atoms with Crippen LogP contribution in [0.3, 0.4) is 0 Å². The molecule has 0 unspecified atom stereocenters. The van der Waals surface area contributed by atoms with Gasteiger partial charge in [0.25, 0.3) is 0 Å². The third-order valence-electron chi connectivity index (χ3n) is 9.29. The number of hydrogen-bond donors (Lipinski definition) is 0. The highest BCUT2D eigenvalue weighted by molar-refractivity contribution is 6.22. The van der Waals surface area contributed by atoms with Crippen molar-refractivity contribution < 1.29 is 4.42 Å². The molecule has 10 aromatic rings. The van der Waals surface area contributed by atoms with E-state index >= 15 is 0 Å². The van der Waals surface area contributed by atoms with Crippen molar-refractivity contribution in [2.24, 2.45) is 0 Å². The zero-order valence-corrected chi connectivity index (χ0v) is 26.7. The van der Waals surface area contributed by atoms with E-state index in [-0.39, 0.29) is 0 Å². The van der Waals surface area contributed by atoms with Gasteiger partial charge in [0.2, 0.25) is 0 Å². The second-order valence-electron chi connectivity index (χ2n) is 12.3. The number of pyridine rings is 1. The summed E-state index contributed by atoms with van der Waals surface area (Å²) >= 11 is 0. The summed E-state index contributed by atoms with van der Waals surface area (Å²) in [6.45, 7) is 0. The first-order valence-electron chi connectivity index (χ1n) is 16.6. The van der Waals surface area contributed by atoms with Gasteiger partial charge in [0.05, 0.1) is 16.7 Å². The monoisotopic (exact) mass is 641 g/mol. The predicted molar refractivity (Wildman–Crippen MR) is 201 cm³/mol. The molecule has 0 saturated carbocycles. The lowest BCUT2D eigenvalue weighted by Crippen LogP contribution is -2.00. The van der Waals surface area contributed by atoms with Crippen molar-refractivity contribution in [2.45, 2.75) is 0 Å². The van der Waals surface area contributed by atoms with E-state index in [9.17, 15) is 0 Å². The van der Waals surface area contributed by atoms with E-state index in [0.717, 1.165) is 72.0 Å². The molecule has 10 rings (SSSR count). The molecule has 4 aromatic heterocycles. The van der Waals surface area contributed by atoms with Gasteiger partial charge in [-0.1, -0.05) is 109 Å². The number of benzene rings is 6. The molecule has 0 atom stereocenters. The zero-order chi connectivity index (χ0) is 33.0. The molecular weight excluding hydrogens is 615 g/mol. The number of fused-ring (bicyclic) bond motifs is 7. The molecule has 0 saturated heterocycles. The minimum absolute atomic E-state index is 0.575. The Labute approximate surface area is 287 Å². The summed E-state index contributed by atoms with van der Waals surface area (Å²) in [6, 6.07) is 53.6. The van der Waals surface area contributed by atoms with Crippen molar-refractivity contribution >= 4 is 43.7 Å². The van der Waals surface area contributed by atoms with Gasteiger partial charge >= 0.3 is 0 Å². The van der Waals surface area contributed by atoms with Crippen LogP contribution in [-0.2, 0) is 0 Å². The van der Waals surface area contributed by atoms with Crippen molar-refractivity contribution in [2.75, 3.05) is 0 Å². The Bertz CT molecular complexity index is 2790. The second-order valence-corrected chi connectivity index (χ2v) is 12.3. The highest BCUT2D eigenvalue weighted by atomic mass is 16.3. The minimum atomic E-state index is 0.575. The van der Waals surface area contributed by atoms with Gasteiger partial charge in [-0.3, -0.25) is 4.98 Å². The largest absolute Gasteiger partial charge is 0.453 e. The van der Waals surface area contributed by atoms with E-state index in [1.165, 1.54) is 5.39 Å². The summed E-state index contributed by atoms with van der Waals surface area (Å²) in [5.41, 5.74) is 9.17. The van der Waals surface area contributed by atoms with E-state index in [1.807, 2.05) is 91.1 Å². The summed E-state index contributed by atoms with van der Waals surface area (Å²) in [7, 11) is 0. The lowest BCUT2D eigenvalue weighted by molar-refractivity contribution is 0.672. The SMILES string of the molecule is c1ccc(-c2nc(-c3ccccc3)nc(-c3cc(-c4ccccn4)c4oc5c(ccc6c7ccccc7n(-c7ccccc7)c65)c4c3)n2)cc1. The molecule has 0 aliphatic rings. The van der Waals surface area contributed by atoms with Crippen LogP contribution in [0.15, 0.2) is 168 Å². The zero-order valence-electron chi connectivity index (χ0n) is 26.7. The van der Waals surface area contributed by atoms with E-state index in [1.54, 1.807) is 0 Å². The van der Waals surface area contributed by atoms with Crippen LogP contribution in [0.5, 0.6) is 0 Å². The molecule has 4 heterocycles. The van der Waals surface area contributed by atoms with Crippen LogP contribution < -0.4 is 0 Å². The molecule has 50 heavy (non-hydrogen) atoms. The third-order valence-corrected chi connectivity index (χ3v) is 9.29. The Morgan fingerprint density at radius 3 is 1.72 bits per heavy atom. The van der Waals surface area contributed by atoms with Crippen molar-refractivity contribution in [3.63, 3.8) is 0 Å². The van der Waals surface area contributed by atoms with Gasteiger partial charge in [-0.25, -0.2) is 15.0 Å². The van der Waals surface area contributed by atoms with Crippen LogP contribution in [0.25, 0.3) is 94.9 Å². The van der Waals surface area contributed by atoms with Crippen LogP contribution in [-0.4, -0.2) is 24.5 Å². The van der Waals surface area contributed by atoms with Gasteiger partial charge in [0, 0.05) is 55.7 Å². The molecule has 6 nitrogen and oxygen atoms in total. The maximum absolute atomic E-state index is 7.01.